The lowest BCUT2D eigenvalue weighted by Crippen LogP contribution is -2.55. The smallest absolute Gasteiger partial charge is 0.407 e. The number of rotatable bonds is 11. The third kappa shape index (κ3) is 7.57. The maximum Gasteiger partial charge on any atom is 0.407 e. The molecule has 14 nitrogen and oxygen atoms in total. The number of benzene rings is 1. The Hall–Kier alpha value is -4.82. The van der Waals surface area contributed by atoms with Crippen LogP contribution in [0.25, 0.3) is 5.65 Å². The summed E-state index contributed by atoms with van der Waals surface area (Å²) in [6, 6.07) is 6.96. The number of methoxy groups -OCH3 is 1. The van der Waals surface area contributed by atoms with Crippen LogP contribution in [-0.4, -0.2) is 70.5 Å². The second-order valence-electron chi connectivity index (χ2n) is 10.7. The molecule has 3 N–H and O–H groups in total. The number of carbonyl (C=O) groups is 2. The summed E-state index contributed by atoms with van der Waals surface area (Å²) in [4.78, 5) is 35.4. The van der Waals surface area contributed by atoms with E-state index in [9.17, 15) is 20.1 Å². The quantitative estimate of drug-likeness (QED) is 0.257. The van der Waals surface area contributed by atoms with Crippen LogP contribution in [0.4, 0.5) is 27.9 Å². The van der Waals surface area contributed by atoms with Gasteiger partial charge in [-0.15, -0.1) is 5.10 Å². The maximum atomic E-state index is 12.7. The Balaban J connectivity index is 1.63. The average molecular weight is 623 g/mol. The van der Waals surface area contributed by atoms with E-state index in [1.807, 2.05) is 11.8 Å². The number of fused-ring (bicyclic) bond motifs is 1. The summed E-state index contributed by atoms with van der Waals surface area (Å²) in [7, 11) is 1.27. The van der Waals surface area contributed by atoms with Gasteiger partial charge in [0.1, 0.15) is 12.2 Å². The highest BCUT2D eigenvalue weighted by atomic mass is 35.5. The summed E-state index contributed by atoms with van der Waals surface area (Å²) in [6.45, 7) is 7.30. The molecule has 4 rings (SSSR count). The number of carbonyl (C=O) groups excluding carboxylic acids is 2. The molecule has 3 heterocycles. The highest BCUT2D eigenvalue weighted by Crippen LogP contribution is 2.37. The molecule has 0 radical (unpaired) electrons. The largest absolute Gasteiger partial charge is 0.458 e. The molecule has 2 atom stereocenters. The number of halogens is 1. The van der Waals surface area contributed by atoms with Gasteiger partial charge in [0.2, 0.25) is 5.95 Å². The van der Waals surface area contributed by atoms with Gasteiger partial charge < -0.3 is 30.3 Å². The van der Waals surface area contributed by atoms with E-state index in [2.05, 4.69) is 57.0 Å². The van der Waals surface area contributed by atoms with E-state index >= 15 is 0 Å². The normalized spacial score (nSPS) is 16.2. The number of nitriles is 2. The molecule has 2 aromatic heterocycles. The Morgan fingerprint density at radius 3 is 2.73 bits per heavy atom. The van der Waals surface area contributed by atoms with Crippen LogP contribution in [0.15, 0.2) is 18.3 Å². The molecule has 1 fully saturated rings. The molecule has 1 amide bonds. The molecular weight excluding hydrogens is 588 g/mol. The minimum atomic E-state index is -0.688. The number of imidazole rings is 1. The Morgan fingerprint density at radius 2 is 2.05 bits per heavy atom. The lowest BCUT2D eigenvalue weighted by Gasteiger charge is -2.39. The fourth-order valence-electron chi connectivity index (χ4n) is 4.92. The lowest BCUT2D eigenvalue weighted by molar-refractivity contribution is -0.150. The molecule has 0 spiro atoms. The summed E-state index contributed by atoms with van der Waals surface area (Å²) in [5, 5.41) is 33.0. The van der Waals surface area contributed by atoms with Crippen molar-refractivity contribution < 1.29 is 19.1 Å². The minimum Gasteiger partial charge on any atom is -0.458 e. The van der Waals surface area contributed by atoms with Crippen molar-refractivity contribution in [1.29, 1.82) is 10.5 Å². The zero-order valence-electron chi connectivity index (χ0n) is 25.1. The Bertz CT molecular complexity index is 1600. The predicted molar refractivity (Wildman–Crippen MR) is 164 cm³/mol. The SMILES string of the molecule is CCNc1nc(Nc2cc(C#N)cc(N3CC[C@@H](NC(=O)OC)C(OC(=O)CCCC(C)C)C3)c2Cl)nn2c(C#N)cnc12. The molecule has 1 saturated heterocycles. The van der Waals surface area contributed by atoms with Crippen molar-refractivity contribution in [2.24, 2.45) is 5.92 Å². The van der Waals surface area contributed by atoms with Crippen molar-refractivity contribution in [3.8, 4) is 12.1 Å². The minimum absolute atomic E-state index is 0.125. The number of hydrogen-bond acceptors (Lipinski definition) is 12. The number of ether oxygens (including phenoxy) is 2. The van der Waals surface area contributed by atoms with Crippen LogP contribution in [0.1, 0.15) is 57.7 Å². The average Bonchev–Trinajstić information content (AvgIpc) is 3.42. The fraction of sp³-hybridized carbons (Fsp3) is 0.483. The zero-order valence-corrected chi connectivity index (χ0v) is 25.8. The molecule has 0 aliphatic carbocycles. The molecule has 0 saturated carbocycles. The molecule has 1 unspecified atom stereocenters. The van der Waals surface area contributed by atoms with Gasteiger partial charge in [-0.1, -0.05) is 31.9 Å². The monoisotopic (exact) mass is 622 g/mol. The standard InChI is InChI=1S/C29H35ClN10O4/c1-5-33-26-27-34-15-19(14-32)40(27)38-28(37-26)35-21-11-18(13-31)12-22(25(21)30)39-10-9-20(36-29(42)43-4)23(16-39)44-24(41)8-6-7-17(2)3/h11-12,15,17,20,23H,5-10,16H2,1-4H3,(H,36,42)(H2,33,35,37,38)/t20-,23?/m1/s1. The lowest BCUT2D eigenvalue weighted by atomic mass is 10.00. The van der Waals surface area contributed by atoms with Crippen LogP contribution in [0.3, 0.4) is 0 Å². The number of nitrogens with zero attached hydrogens (tertiary/aromatic N) is 7. The molecule has 1 aliphatic heterocycles. The van der Waals surface area contributed by atoms with Crippen molar-refractivity contribution in [3.63, 3.8) is 0 Å². The highest BCUT2D eigenvalue weighted by Gasteiger charge is 2.35. The van der Waals surface area contributed by atoms with Crippen molar-refractivity contribution >= 4 is 52.5 Å². The zero-order chi connectivity index (χ0) is 31.8. The van der Waals surface area contributed by atoms with Gasteiger partial charge in [0, 0.05) is 19.5 Å². The van der Waals surface area contributed by atoms with Gasteiger partial charge in [0.05, 0.1) is 53.9 Å². The van der Waals surface area contributed by atoms with E-state index in [0.717, 1.165) is 6.42 Å². The van der Waals surface area contributed by atoms with E-state index < -0.39 is 18.2 Å². The van der Waals surface area contributed by atoms with Crippen LogP contribution in [-0.2, 0) is 14.3 Å². The summed E-state index contributed by atoms with van der Waals surface area (Å²) in [5.41, 5.74) is 1.81. The molecule has 3 aromatic rings. The second kappa shape index (κ2) is 14.6. The Morgan fingerprint density at radius 1 is 1.25 bits per heavy atom. The molecule has 1 aromatic carbocycles. The van der Waals surface area contributed by atoms with Crippen LogP contribution < -0.4 is 20.9 Å². The van der Waals surface area contributed by atoms with Gasteiger partial charge >= 0.3 is 12.1 Å². The number of alkyl carbamates (subject to hydrolysis) is 1. The van der Waals surface area contributed by atoms with E-state index in [-0.39, 0.29) is 35.6 Å². The van der Waals surface area contributed by atoms with E-state index in [1.165, 1.54) is 17.8 Å². The van der Waals surface area contributed by atoms with Gasteiger partial charge in [-0.05, 0) is 37.8 Å². The van der Waals surface area contributed by atoms with Crippen molar-refractivity contribution in [2.45, 2.75) is 58.6 Å². The summed E-state index contributed by atoms with van der Waals surface area (Å²) < 4.78 is 12.0. The Kier molecular flexibility index (Phi) is 10.6. The number of amides is 1. The van der Waals surface area contributed by atoms with E-state index in [0.29, 0.717) is 60.3 Å². The van der Waals surface area contributed by atoms with Crippen molar-refractivity contribution in [3.05, 3.63) is 34.6 Å². The number of piperidine rings is 1. The van der Waals surface area contributed by atoms with E-state index in [1.54, 1.807) is 12.1 Å². The summed E-state index contributed by atoms with van der Waals surface area (Å²) in [6.07, 6.45) is 2.39. The van der Waals surface area contributed by atoms with Crippen molar-refractivity contribution in [2.75, 3.05) is 42.3 Å². The van der Waals surface area contributed by atoms with Crippen LogP contribution in [0.5, 0.6) is 0 Å². The summed E-state index contributed by atoms with van der Waals surface area (Å²) in [5.74, 6) is 0.653. The molecule has 0 bridgehead atoms. The molecular formula is C29H35ClN10O4. The number of aromatic nitrogens is 4. The summed E-state index contributed by atoms with van der Waals surface area (Å²) >= 11 is 6.92. The van der Waals surface area contributed by atoms with Gasteiger partial charge in [0.25, 0.3) is 0 Å². The van der Waals surface area contributed by atoms with Gasteiger partial charge in [-0.3, -0.25) is 4.79 Å². The molecule has 232 valence electrons. The predicted octanol–water partition coefficient (Wildman–Crippen LogP) is 4.37. The van der Waals surface area contributed by atoms with Crippen LogP contribution in [0, 0.1) is 28.6 Å². The van der Waals surface area contributed by atoms with Gasteiger partial charge in [-0.2, -0.15) is 20.0 Å². The first-order valence-electron chi connectivity index (χ1n) is 14.4. The Labute approximate surface area is 260 Å². The molecule has 1 aliphatic rings. The van der Waals surface area contributed by atoms with Crippen LogP contribution in [0.2, 0.25) is 5.02 Å². The van der Waals surface area contributed by atoms with E-state index in [4.69, 9.17) is 21.1 Å². The van der Waals surface area contributed by atoms with Crippen LogP contribution >= 0.6 is 11.6 Å². The first-order valence-corrected chi connectivity index (χ1v) is 14.7. The molecule has 15 heteroatoms. The maximum absolute atomic E-state index is 12.7. The number of nitrogens with one attached hydrogen (secondary N) is 3. The van der Waals surface area contributed by atoms with Gasteiger partial charge in [-0.25, -0.2) is 9.78 Å². The molecule has 44 heavy (non-hydrogen) atoms. The third-order valence-electron chi connectivity index (χ3n) is 7.08. The highest BCUT2D eigenvalue weighted by molar-refractivity contribution is 6.36. The fourth-order valence-corrected chi connectivity index (χ4v) is 5.20. The number of esters is 1. The number of anilines is 4. The topological polar surface area (TPSA) is 183 Å². The van der Waals surface area contributed by atoms with Crippen molar-refractivity contribution in [1.82, 2.24) is 24.9 Å². The van der Waals surface area contributed by atoms with Gasteiger partial charge in [0.15, 0.2) is 17.2 Å². The third-order valence-corrected chi connectivity index (χ3v) is 7.48. The number of hydrogen-bond donors (Lipinski definition) is 3. The first kappa shape index (κ1) is 32.1. The second-order valence-corrected chi connectivity index (χ2v) is 11.1. The first-order chi connectivity index (χ1) is 21.2.